The number of carboxylic acids is 1. The van der Waals surface area contributed by atoms with E-state index in [2.05, 4.69) is 0 Å². The van der Waals surface area contributed by atoms with Gasteiger partial charge in [0.25, 0.3) is 0 Å². The van der Waals surface area contributed by atoms with Crippen LogP contribution in [0.2, 0.25) is 0 Å². The smallest absolute Gasteiger partial charge is 0.352 e. The third-order valence-electron chi connectivity index (χ3n) is 2.69. The van der Waals surface area contributed by atoms with Crippen molar-refractivity contribution in [2.45, 2.75) is 11.8 Å². The van der Waals surface area contributed by atoms with Gasteiger partial charge in [0.2, 0.25) is 0 Å². The number of carboxylic acid groups (broad SMARTS) is 1. The highest BCUT2D eigenvalue weighted by molar-refractivity contribution is 7.98. The molecule has 1 aromatic carbocycles. The van der Waals surface area contributed by atoms with Crippen LogP contribution in [-0.2, 0) is 0 Å². The second-order valence-corrected chi connectivity index (χ2v) is 4.86. The summed E-state index contributed by atoms with van der Waals surface area (Å²) in [7, 11) is 0. The number of thioether (sulfide) groups is 1. The lowest BCUT2D eigenvalue weighted by molar-refractivity contribution is 0.0688. The van der Waals surface area contributed by atoms with Crippen LogP contribution in [0.4, 0.5) is 0 Å². The molecular weight excluding hydrogens is 264 g/mol. The van der Waals surface area contributed by atoms with Crippen molar-refractivity contribution in [3.63, 3.8) is 0 Å². The molecule has 0 atom stereocenters. The quantitative estimate of drug-likeness (QED) is 0.873. The number of aromatic carboxylic acids is 1. The SMILES string of the molecule is CSc1cc(-c2ccc(C)cc2)oc(=O)c1C(=O)O. The second-order valence-electron chi connectivity index (χ2n) is 4.01. The van der Waals surface area contributed by atoms with Crippen molar-refractivity contribution in [2.75, 3.05) is 6.26 Å². The first-order chi connectivity index (χ1) is 9.02. The molecule has 2 rings (SSSR count). The summed E-state index contributed by atoms with van der Waals surface area (Å²) in [6.07, 6.45) is 1.72. The molecule has 0 amide bonds. The van der Waals surface area contributed by atoms with E-state index < -0.39 is 11.6 Å². The fourth-order valence-corrected chi connectivity index (χ4v) is 2.29. The van der Waals surface area contributed by atoms with Gasteiger partial charge in [0, 0.05) is 10.5 Å². The molecule has 4 nitrogen and oxygen atoms in total. The average Bonchev–Trinajstić information content (AvgIpc) is 2.38. The summed E-state index contributed by atoms with van der Waals surface area (Å²) in [5.74, 6) is -0.895. The van der Waals surface area contributed by atoms with Crippen molar-refractivity contribution in [1.29, 1.82) is 0 Å². The van der Waals surface area contributed by atoms with E-state index in [1.165, 1.54) is 11.8 Å². The molecule has 0 fully saturated rings. The van der Waals surface area contributed by atoms with Gasteiger partial charge in [0.15, 0.2) is 5.56 Å². The van der Waals surface area contributed by atoms with Crippen LogP contribution in [0.1, 0.15) is 15.9 Å². The van der Waals surface area contributed by atoms with Crippen molar-refractivity contribution in [2.24, 2.45) is 0 Å². The molecule has 0 aliphatic rings. The van der Waals surface area contributed by atoms with Crippen molar-refractivity contribution < 1.29 is 14.3 Å². The summed E-state index contributed by atoms with van der Waals surface area (Å²) in [5, 5.41) is 9.00. The Kier molecular flexibility index (Phi) is 3.76. The third kappa shape index (κ3) is 2.71. The van der Waals surface area contributed by atoms with Crippen LogP contribution < -0.4 is 5.63 Å². The molecule has 1 heterocycles. The van der Waals surface area contributed by atoms with Gasteiger partial charge in [-0.25, -0.2) is 9.59 Å². The summed E-state index contributed by atoms with van der Waals surface area (Å²) in [6, 6.07) is 9.05. The second kappa shape index (κ2) is 5.32. The first-order valence-corrected chi connectivity index (χ1v) is 6.78. The summed E-state index contributed by atoms with van der Waals surface area (Å²) < 4.78 is 5.09. The lowest BCUT2D eigenvalue weighted by Crippen LogP contribution is -2.15. The Morgan fingerprint density at radius 3 is 2.42 bits per heavy atom. The van der Waals surface area contributed by atoms with E-state index >= 15 is 0 Å². The normalized spacial score (nSPS) is 10.4. The van der Waals surface area contributed by atoms with E-state index in [1.807, 2.05) is 31.2 Å². The first-order valence-electron chi connectivity index (χ1n) is 5.55. The van der Waals surface area contributed by atoms with Gasteiger partial charge in [0.05, 0.1) is 0 Å². The maximum absolute atomic E-state index is 11.7. The van der Waals surface area contributed by atoms with Gasteiger partial charge >= 0.3 is 11.6 Å². The summed E-state index contributed by atoms with van der Waals surface area (Å²) in [6.45, 7) is 1.96. The molecule has 0 saturated heterocycles. The van der Waals surface area contributed by atoms with E-state index in [4.69, 9.17) is 9.52 Å². The van der Waals surface area contributed by atoms with Crippen LogP contribution in [0.25, 0.3) is 11.3 Å². The maximum Gasteiger partial charge on any atom is 0.352 e. The molecule has 2 aromatic rings. The Morgan fingerprint density at radius 2 is 1.89 bits per heavy atom. The Balaban J connectivity index is 2.61. The topological polar surface area (TPSA) is 67.5 Å². The maximum atomic E-state index is 11.7. The van der Waals surface area contributed by atoms with E-state index in [9.17, 15) is 9.59 Å². The average molecular weight is 276 g/mol. The summed E-state index contributed by atoms with van der Waals surface area (Å²) in [5.41, 5.74) is 0.701. The van der Waals surface area contributed by atoms with Crippen LogP contribution in [0.15, 0.2) is 44.4 Å². The Bertz CT molecular complexity index is 671. The van der Waals surface area contributed by atoms with Gasteiger partial charge in [-0.1, -0.05) is 29.8 Å². The molecule has 0 radical (unpaired) electrons. The van der Waals surface area contributed by atoms with Crippen molar-refractivity contribution in [3.8, 4) is 11.3 Å². The summed E-state index contributed by atoms with van der Waals surface area (Å²) in [4.78, 5) is 23.2. The molecule has 0 aliphatic heterocycles. The monoisotopic (exact) mass is 276 g/mol. The molecule has 0 aliphatic carbocycles. The zero-order chi connectivity index (χ0) is 14.0. The highest BCUT2D eigenvalue weighted by Crippen LogP contribution is 2.25. The Hall–Kier alpha value is -2.01. The predicted octanol–water partition coefficient (Wildman–Crippen LogP) is 3.04. The molecule has 0 saturated carbocycles. The van der Waals surface area contributed by atoms with Crippen LogP contribution in [0.5, 0.6) is 0 Å². The minimum absolute atomic E-state index is 0.316. The molecule has 98 valence electrons. The number of rotatable bonds is 3. The van der Waals surface area contributed by atoms with E-state index in [-0.39, 0.29) is 5.56 Å². The highest BCUT2D eigenvalue weighted by Gasteiger charge is 2.18. The van der Waals surface area contributed by atoms with Crippen molar-refractivity contribution >= 4 is 17.7 Å². The van der Waals surface area contributed by atoms with Crippen LogP contribution in [-0.4, -0.2) is 17.3 Å². The van der Waals surface area contributed by atoms with E-state index in [1.54, 1.807) is 12.3 Å². The van der Waals surface area contributed by atoms with E-state index in [0.29, 0.717) is 10.7 Å². The standard InChI is InChI=1S/C14H12O4S/c1-8-3-5-9(6-4-8)10-7-11(19-2)12(13(15)16)14(17)18-10/h3-7H,1-2H3,(H,15,16). The number of benzene rings is 1. The molecule has 1 aromatic heterocycles. The largest absolute Gasteiger partial charge is 0.477 e. The summed E-state index contributed by atoms with van der Waals surface area (Å²) >= 11 is 1.21. The molecule has 1 N–H and O–H groups in total. The molecule has 19 heavy (non-hydrogen) atoms. The Labute approximate surface area is 114 Å². The van der Waals surface area contributed by atoms with Gasteiger partial charge < -0.3 is 9.52 Å². The van der Waals surface area contributed by atoms with Gasteiger partial charge in [-0.2, -0.15) is 0 Å². The zero-order valence-electron chi connectivity index (χ0n) is 10.5. The van der Waals surface area contributed by atoms with Crippen LogP contribution in [0, 0.1) is 6.92 Å². The van der Waals surface area contributed by atoms with Gasteiger partial charge in [-0.15, -0.1) is 11.8 Å². The van der Waals surface area contributed by atoms with Gasteiger partial charge in [-0.05, 0) is 19.2 Å². The van der Waals surface area contributed by atoms with Gasteiger partial charge in [-0.3, -0.25) is 0 Å². The highest BCUT2D eigenvalue weighted by atomic mass is 32.2. The zero-order valence-corrected chi connectivity index (χ0v) is 11.3. The van der Waals surface area contributed by atoms with Gasteiger partial charge in [0.1, 0.15) is 5.76 Å². The number of aryl methyl sites for hydroxylation is 1. The van der Waals surface area contributed by atoms with Crippen LogP contribution in [0.3, 0.4) is 0 Å². The predicted molar refractivity (Wildman–Crippen MR) is 73.9 cm³/mol. The first kappa shape index (κ1) is 13.4. The Morgan fingerprint density at radius 1 is 1.26 bits per heavy atom. The molecule has 0 unspecified atom stereocenters. The van der Waals surface area contributed by atoms with Crippen LogP contribution >= 0.6 is 11.8 Å². The number of hydrogen-bond acceptors (Lipinski definition) is 4. The number of carbonyl (C=O) groups is 1. The van der Waals surface area contributed by atoms with Crippen molar-refractivity contribution in [1.82, 2.24) is 0 Å². The molecular formula is C14H12O4S. The number of hydrogen-bond donors (Lipinski definition) is 1. The van der Waals surface area contributed by atoms with E-state index in [0.717, 1.165) is 11.1 Å². The molecule has 0 spiro atoms. The molecule has 5 heteroatoms. The third-order valence-corrected chi connectivity index (χ3v) is 3.45. The lowest BCUT2D eigenvalue weighted by Gasteiger charge is -2.05. The minimum Gasteiger partial charge on any atom is -0.477 e. The fourth-order valence-electron chi connectivity index (χ4n) is 1.69. The van der Waals surface area contributed by atoms with Crippen molar-refractivity contribution in [3.05, 3.63) is 51.9 Å². The molecule has 0 bridgehead atoms. The lowest BCUT2D eigenvalue weighted by atomic mass is 10.1. The fraction of sp³-hybridized carbons (Fsp3) is 0.143. The minimum atomic E-state index is -1.27.